The summed E-state index contributed by atoms with van der Waals surface area (Å²) in [7, 11) is -4.25. The van der Waals surface area contributed by atoms with Gasteiger partial charge in [-0.2, -0.15) is 0 Å². The van der Waals surface area contributed by atoms with Gasteiger partial charge in [0, 0.05) is 12.4 Å². The summed E-state index contributed by atoms with van der Waals surface area (Å²) in [5.41, 5.74) is 5.38. The van der Waals surface area contributed by atoms with E-state index < -0.39 is 13.7 Å². The first-order chi connectivity index (χ1) is 14.4. The number of unbranched alkanes of at least 4 members (excludes halogenated alkanes) is 13. The molecule has 0 aliphatic heterocycles. The van der Waals surface area contributed by atoms with Crippen LogP contribution in [0.3, 0.4) is 0 Å². The Balaban J connectivity index is 0. The van der Waals surface area contributed by atoms with Crippen LogP contribution in [0.15, 0.2) is 24.5 Å². The fourth-order valence-electron chi connectivity index (χ4n) is 2.99. The van der Waals surface area contributed by atoms with Crippen LogP contribution in [-0.4, -0.2) is 78.7 Å². The van der Waals surface area contributed by atoms with Crippen molar-refractivity contribution in [3.05, 3.63) is 30.1 Å². The molecule has 0 fully saturated rings. The van der Waals surface area contributed by atoms with Gasteiger partial charge in [-0.05, 0) is 18.6 Å². The fourth-order valence-corrected chi connectivity index (χ4v) is 3.36. The molecule has 1 aromatic rings. The van der Waals surface area contributed by atoms with Gasteiger partial charge in [0.05, 0.1) is 12.2 Å². The summed E-state index contributed by atoms with van der Waals surface area (Å²) in [5, 5.41) is 0. The zero-order valence-electron chi connectivity index (χ0n) is 18.5. The molecule has 1 heterocycles. The molecule has 176 valence electrons. The normalized spacial score (nSPS) is 10.7. The van der Waals surface area contributed by atoms with Crippen molar-refractivity contribution in [2.45, 2.75) is 96.8 Å². The third-order valence-electron chi connectivity index (χ3n) is 4.70. The van der Waals surface area contributed by atoms with Crippen molar-refractivity contribution in [3.8, 4) is 0 Å². The molecule has 1 amide bonds. The van der Waals surface area contributed by atoms with Crippen molar-refractivity contribution in [1.29, 1.82) is 0 Å². The first-order valence-electron chi connectivity index (χ1n) is 11.3. The van der Waals surface area contributed by atoms with Gasteiger partial charge in [-0.1, -0.05) is 90.4 Å². The molecular weight excluding hydrogens is 442 g/mol. The molecule has 0 aliphatic carbocycles. The second kappa shape index (κ2) is 23.5. The minimum absolute atomic E-state index is 0. The topological polar surface area (TPSA) is 123 Å². The second-order valence-electron chi connectivity index (χ2n) is 7.53. The zero-order valence-corrected chi connectivity index (χ0v) is 19.4. The summed E-state index contributed by atoms with van der Waals surface area (Å²) in [6.07, 6.45) is 20.8. The average Bonchev–Trinajstić information content (AvgIpc) is 2.71. The number of rotatable bonds is 17. The Kier molecular flexibility index (Phi) is 25.4. The van der Waals surface area contributed by atoms with E-state index in [1.807, 2.05) is 0 Å². The number of hydrogen-bond acceptors (Lipinski definition) is 4. The quantitative estimate of drug-likeness (QED) is 0.160. The van der Waals surface area contributed by atoms with Gasteiger partial charge in [0.15, 0.2) is 0 Å². The number of carbonyl (C=O) groups is 1. The summed E-state index contributed by atoms with van der Waals surface area (Å²) in [6, 6.07) is 3.29. The number of phosphoric acid groups is 1. The number of carbonyl (C=O) groups excluding carboxylic acids is 1. The molecule has 0 saturated carbocycles. The van der Waals surface area contributed by atoms with Gasteiger partial charge >= 0.3 is 59.2 Å². The summed E-state index contributed by atoms with van der Waals surface area (Å²) in [5.74, 6) is -0.442. The van der Waals surface area contributed by atoms with Crippen molar-refractivity contribution in [2.24, 2.45) is 5.73 Å². The predicted octanol–water partition coefficient (Wildman–Crippen LogP) is 5.11. The maximum atomic E-state index is 10.4. The number of hydrogen-bond donors (Lipinski definition) is 3. The van der Waals surface area contributed by atoms with Gasteiger partial charge in [-0.3, -0.25) is 14.3 Å². The first-order valence-corrected chi connectivity index (χ1v) is 12.8. The molecule has 9 heteroatoms. The second-order valence-corrected chi connectivity index (χ2v) is 8.77. The van der Waals surface area contributed by atoms with E-state index in [-0.39, 0.29) is 58.0 Å². The third-order valence-corrected chi connectivity index (χ3v) is 5.22. The van der Waals surface area contributed by atoms with Crippen molar-refractivity contribution >= 4 is 65.1 Å². The van der Waals surface area contributed by atoms with Crippen LogP contribution in [-0.2, 0) is 9.09 Å². The fraction of sp³-hybridized carbons (Fsp3) is 0.727. The number of amides is 1. The maximum absolute atomic E-state index is 10.4. The molecule has 1 rings (SSSR count). The van der Waals surface area contributed by atoms with E-state index in [9.17, 15) is 9.36 Å². The van der Waals surface area contributed by atoms with Gasteiger partial charge < -0.3 is 15.5 Å². The SMILES string of the molecule is CCCCCCCCCCCCCCCCOP(=O)(O)O.NC(=O)c1cccnc1.[KH]. The van der Waals surface area contributed by atoms with E-state index in [1.165, 1.54) is 76.8 Å². The van der Waals surface area contributed by atoms with E-state index >= 15 is 0 Å². The Labute approximate surface area is 231 Å². The van der Waals surface area contributed by atoms with E-state index in [2.05, 4.69) is 16.4 Å². The van der Waals surface area contributed by atoms with E-state index in [0.29, 0.717) is 5.56 Å². The van der Waals surface area contributed by atoms with Gasteiger partial charge in [0.2, 0.25) is 5.91 Å². The number of aromatic nitrogens is 1. The van der Waals surface area contributed by atoms with E-state index in [4.69, 9.17) is 15.5 Å². The van der Waals surface area contributed by atoms with E-state index in [0.717, 1.165) is 19.3 Å². The van der Waals surface area contributed by atoms with Crippen LogP contribution in [0.2, 0.25) is 0 Å². The summed E-state index contributed by atoms with van der Waals surface area (Å²) in [4.78, 5) is 31.1. The monoisotopic (exact) mass is 484 g/mol. The zero-order chi connectivity index (χ0) is 22.5. The number of nitrogens with two attached hydrogens (primary N) is 1. The van der Waals surface area contributed by atoms with E-state index in [1.54, 1.807) is 18.3 Å². The Hall–Kier alpha value is 0.366. The third kappa shape index (κ3) is 26.5. The van der Waals surface area contributed by atoms with Crippen LogP contribution >= 0.6 is 7.82 Å². The van der Waals surface area contributed by atoms with Gasteiger partial charge in [0.1, 0.15) is 0 Å². The first kappa shape index (κ1) is 33.5. The number of nitrogens with zero attached hydrogens (tertiary/aromatic N) is 1. The molecule has 1 aromatic heterocycles. The number of pyridine rings is 1. The van der Waals surface area contributed by atoms with Gasteiger partial charge in [-0.15, -0.1) is 0 Å². The molecule has 0 bridgehead atoms. The Bertz CT molecular complexity index is 572. The summed E-state index contributed by atoms with van der Waals surface area (Å²) >= 11 is 0. The molecule has 0 atom stereocenters. The van der Waals surface area contributed by atoms with Crippen molar-refractivity contribution in [1.82, 2.24) is 4.98 Å². The molecule has 0 aromatic carbocycles. The van der Waals surface area contributed by atoms with Gasteiger partial charge in [0.25, 0.3) is 0 Å². The summed E-state index contributed by atoms with van der Waals surface area (Å²) < 4.78 is 14.8. The molecule has 0 spiro atoms. The minimum atomic E-state index is -4.25. The van der Waals surface area contributed by atoms with Crippen LogP contribution in [0.25, 0.3) is 0 Å². The van der Waals surface area contributed by atoms with Crippen molar-refractivity contribution in [2.75, 3.05) is 6.61 Å². The molecule has 7 nitrogen and oxygen atoms in total. The molecule has 31 heavy (non-hydrogen) atoms. The number of primary amides is 1. The van der Waals surface area contributed by atoms with Crippen molar-refractivity contribution < 1.29 is 23.7 Å². The van der Waals surface area contributed by atoms with Crippen LogP contribution in [0.4, 0.5) is 0 Å². The van der Waals surface area contributed by atoms with Gasteiger partial charge in [-0.25, -0.2) is 4.57 Å². The number of phosphoric ester groups is 1. The van der Waals surface area contributed by atoms with Crippen LogP contribution < -0.4 is 5.73 Å². The molecule has 0 saturated heterocycles. The Morgan fingerprint density at radius 1 is 0.935 bits per heavy atom. The van der Waals surface area contributed by atoms with Crippen LogP contribution in [0, 0.1) is 0 Å². The average molecular weight is 485 g/mol. The summed E-state index contributed by atoms with van der Waals surface area (Å²) in [6.45, 7) is 2.42. The molecule has 0 aliphatic rings. The molecular formula is C22H42KN2O5P. The predicted molar refractivity (Wildman–Crippen MR) is 128 cm³/mol. The van der Waals surface area contributed by atoms with Crippen LogP contribution in [0.5, 0.6) is 0 Å². The molecule has 0 radical (unpaired) electrons. The standard InChI is InChI=1S/C16H35O4P.C6H6N2O.K.H/c1-2-3-4-5-6-7-8-9-10-11-12-13-14-15-16-20-21(17,18)19;7-6(9)5-2-1-3-8-4-5;;/h2-16H2,1H3,(H2,17,18,19);1-4H,(H2,7,9);;. The molecule has 4 N–H and O–H groups in total. The Morgan fingerprint density at radius 3 is 1.71 bits per heavy atom. The van der Waals surface area contributed by atoms with Crippen molar-refractivity contribution in [3.63, 3.8) is 0 Å². The van der Waals surface area contributed by atoms with Crippen LogP contribution in [0.1, 0.15) is 107 Å². The molecule has 0 unspecified atom stereocenters. The Morgan fingerprint density at radius 2 is 1.39 bits per heavy atom.